The molecule has 0 aliphatic rings. The van der Waals surface area contributed by atoms with Gasteiger partial charge in [0, 0.05) is 13.1 Å². The van der Waals surface area contributed by atoms with Crippen LogP contribution < -0.4 is 4.90 Å². The Morgan fingerprint density at radius 2 is 2.20 bits per heavy atom. The summed E-state index contributed by atoms with van der Waals surface area (Å²) in [5, 5.41) is 5.27. The van der Waals surface area contributed by atoms with Gasteiger partial charge in [-0.05, 0) is 25.3 Å². The molecule has 0 aliphatic carbocycles. The molecule has 2 heteroatoms. The second-order valence-electron chi connectivity index (χ2n) is 2.08. The van der Waals surface area contributed by atoms with Gasteiger partial charge in [-0.25, -0.2) is 0 Å². The van der Waals surface area contributed by atoms with Gasteiger partial charge in [-0.3, -0.25) is 0 Å². The van der Waals surface area contributed by atoms with E-state index in [0.717, 1.165) is 13.1 Å². The van der Waals surface area contributed by atoms with Gasteiger partial charge in [-0.1, -0.05) is 0 Å². The maximum absolute atomic E-state index is 3.21. The summed E-state index contributed by atoms with van der Waals surface area (Å²) >= 11 is 1.63. The summed E-state index contributed by atoms with van der Waals surface area (Å²) in [5.41, 5.74) is 1.23. The molecule has 0 aromatic carbocycles. The van der Waals surface area contributed by atoms with Crippen LogP contribution in [0.4, 0.5) is 5.69 Å². The van der Waals surface area contributed by atoms with E-state index in [1.807, 2.05) is 0 Å². The lowest BCUT2D eigenvalue weighted by Gasteiger charge is -2.17. The van der Waals surface area contributed by atoms with Crippen LogP contribution >= 0.6 is 11.3 Å². The number of thiophene rings is 1. The van der Waals surface area contributed by atoms with Gasteiger partial charge in [0.15, 0.2) is 0 Å². The molecule has 0 aliphatic heterocycles. The smallest absolute Gasteiger partial charge is 0.0697 e. The van der Waals surface area contributed by atoms with Crippen LogP contribution in [0.3, 0.4) is 0 Å². The second-order valence-corrected chi connectivity index (χ2v) is 2.79. The van der Waals surface area contributed by atoms with Crippen molar-refractivity contribution >= 4 is 17.0 Å². The lowest BCUT2D eigenvalue weighted by atomic mass is 10.4. The summed E-state index contributed by atoms with van der Waals surface area (Å²) in [5.74, 6) is 0. The van der Waals surface area contributed by atoms with Crippen molar-refractivity contribution in [2.75, 3.05) is 18.0 Å². The summed E-state index contributed by atoms with van der Waals surface area (Å²) in [6.45, 7) is 6.47. The van der Waals surface area contributed by atoms with E-state index in [4.69, 9.17) is 0 Å². The summed E-state index contributed by atoms with van der Waals surface area (Å²) in [6, 6.07) is 2.11. The molecule has 1 aromatic heterocycles. The molecular formula is C8H12NS. The van der Waals surface area contributed by atoms with E-state index in [1.165, 1.54) is 5.69 Å². The van der Waals surface area contributed by atoms with E-state index in [9.17, 15) is 0 Å². The largest absolute Gasteiger partial charge is 0.371 e. The van der Waals surface area contributed by atoms with Gasteiger partial charge >= 0.3 is 0 Å². The lowest BCUT2D eigenvalue weighted by molar-refractivity contribution is 0.868. The molecule has 0 saturated heterocycles. The number of rotatable bonds is 3. The minimum atomic E-state index is 1.07. The van der Waals surface area contributed by atoms with E-state index < -0.39 is 0 Å². The quantitative estimate of drug-likeness (QED) is 0.646. The van der Waals surface area contributed by atoms with Gasteiger partial charge in [0.1, 0.15) is 0 Å². The fourth-order valence-electron chi connectivity index (χ4n) is 0.961. The van der Waals surface area contributed by atoms with Crippen molar-refractivity contribution in [3.05, 3.63) is 16.8 Å². The third kappa shape index (κ3) is 1.51. The Morgan fingerprint density at radius 1 is 1.50 bits per heavy atom. The molecule has 1 heterocycles. The van der Waals surface area contributed by atoms with Crippen molar-refractivity contribution in [2.24, 2.45) is 0 Å². The molecule has 0 N–H and O–H groups in total. The number of anilines is 1. The molecule has 0 atom stereocenters. The first kappa shape index (κ1) is 7.61. The van der Waals surface area contributed by atoms with Gasteiger partial charge in [0.25, 0.3) is 0 Å². The molecule has 0 bridgehead atoms. The van der Waals surface area contributed by atoms with Crippen molar-refractivity contribution in [1.82, 2.24) is 0 Å². The summed E-state index contributed by atoms with van der Waals surface area (Å²) in [7, 11) is 0. The summed E-state index contributed by atoms with van der Waals surface area (Å²) in [4.78, 5) is 2.29. The predicted molar refractivity (Wildman–Crippen MR) is 46.7 cm³/mol. The molecule has 1 aromatic rings. The third-order valence-electron chi connectivity index (χ3n) is 1.56. The molecule has 0 spiro atoms. The number of hydrogen-bond acceptors (Lipinski definition) is 2. The first-order valence-electron chi connectivity index (χ1n) is 3.58. The van der Waals surface area contributed by atoms with Crippen LogP contribution in [0, 0.1) is 5.38 Å². The standard InChI is InChI=1S/C8H12NS/c1-3-9(4-2)8-5-6-10-7-8/h5-6H,3-4H2,1-2H3. The van der Waals surface area contributed by atoms with Crippen LogP contribution in [-0.4, -0.2) is 13.1 Å². The van der Waals surface area contributed by atoms with Crippen LogP contribution in [-0.2, 0) is 0 Å². The van der Waals surface area contributed by atoms with Crippen molar-refractivity contribution in [3.63, 3.8) is 0 Å². The average molecular weight is 154 g/mol. The molecule has 10 heavy (non-hydrogen) atoms. The fraction of sp³-hybridized carbons (Fsp3) is 0.500. The maximum Gasteiger partial charge on any atom is 0.0697 e. The molecule has 1 rings (SSSR count). The average Bonchev–Trinajstić information content (AvgIpc) is 2.43. The minimum absolute atomic E-state index is 1.07. The predicted octanol–water partition coefficient (Wildman–Crippen LogP) is 2.39. The SMILES string of the molecule is CCN(CC)c1[c]scc1. The molecule has 1 radical (unpaired) electrons. The zero-order valence-corrected chi connectivity index (χ0v) is 7.24. The van der Waals surface area contributed by atoms with E-state index >= 15 is 0 Å². The van der Waals surface area contributed by atoms with Crippen LogP contribution in [0.15, 0.2) is 11.4 Å². The van der Waals surface area contributed by atoms with Crippen LogP contribution in [0.2, 0.25) is 0 Å². The molecule has 1 nitrogen and oxygen atoms in total. The Labute approximate surface area is 66.3 Å². The zero-order chi connectivity index (χ0) is 7.40. The third-order valence-corrected chi connectivity index (χ3v) is 2.16. The van der Waals surface area contributed by atoms with Gasteiger partial charge in [0.05, 0.1) is 11.1 Å². The highest BCUT2D eigenvalue weighted by atomic mass is 32.1. The van der Waals surface area contributed by atoms with Gasteiger partial charge in [-0.2, -0.15) is 0 Å². The fourth-order valence-corrected chi connectivity index (χ4v) is 1.54. The molecule has 0 saturated carbocycles. The Bertz CT molecular complexity index is 165. The minimum Gasteiger partial charge on any atom is -0.371 e. The topological polar surface area (TPSA) is 3.24 Å². The Morgan fingerprint density at radius 3 is 2.60 bits per heavy atom. The molecule has 0 fully saturated rings. The van der Waals surface area contributed by atoms with Gasteiger partial charge in [0.2, 0.25) is 0 Å². The van der Waals surface area contributed by atoms with Crippen molar-refractivity contribution in [2.45, 2.75) is 13.8 Å². The number of nitrogens with zero attached hydrogens (tertiary/aromatic N) is 1. The monoisotopic (exact) mass is 154 g/mol. The number of hydrogen-bond donors (Lipinski definition) is 0. The van der Waals surface area contributed by atoms with Crippen LogP contribution in [0.1, 0.15) is 13.8 Å². The molecular weight excluding hydrogens is 142 g/mol. The maximum atomic E-state index is 3.21. The molecule has 55 valence electrons. The van der Waals surface area contributed by atoms with Crippen molar-refractivity contribution in [1.29, 1.82) is 0 Å². The Balaban J connectivity index is 2.64. The van der Waals surface area contributed by atoms with E-state index in [1.54, 1.807) is 11.3 Å². The highest BCUT2D eigenvalue weighted by molar-refractivity contribution is 7.07. The first-order chi connectivity index (χ1) is 4.88. The van der Waals surface area contributed by atoms with E-state index in [0.29, 0.717) is 0 Å². The van der Waals surface area contributed by atoms with Crippen molar-refractivity contribution in [3.8, 4) is 0 Å². The van der Waals surface area contributed by atoms with E-state index in [-0.39, 0.29) is 0 Å². The Hall–Kier alpha value is -0.500. The van der Waals surface area contributed by atoms with Gasteiger partial charge < -0.3 is 4.90 Å². The van der Waals surface area contributed by atoms with Gasteiger partial charge in [-0.15, -0.1) is 11.3 Å². The van der Waals surface area contributed by atoms with Crippen molar-refractivity contribution < 1.29 is 0 Å². The zero-order valence-electron chi connectivity index (χ0n) is 6.42. The van der Waals surface area contributed by atoms with E-state index in [2.05, 4.69) is 35.6 Å². The molecule has 0 amide bonds. The normalized spacial score (nSPS) is 9.80. The Kier molecular flexibility index (Phi) is 2.75. The van der Waals surface area contributed by atoms with Crippen LogP contribution in [0.25, 0.3) is 0 Å². The highest BCUT2D eigenvalue weighted by Gasteiger charge is 1.99. The van der Waals surface area contributed by atoms with Crippen LogP contribution in [0.5, 0.6) is 0 Å². The highest BCUT2D eigenvalue weighted by Crippen LogP contribution is 2.15. The first-order valence-corrected chi connectivity index (χ1v) is 4.46. The molecule has 0 unspecified atom stereocenters. The second kappa shape index (κ2) is 3.62. The summed E-state index contributed by atoms with van der Waals surface area (Å²) in [6.07, 6.45) is 0. The summed E-state index contributed by atoms with van der Waals surface area (Å²) < 4.78 is 0. The lowest BCUT2D eigenvalue weighted by Crippen LogP contribution is -2.20.